The van der Waals surface area contributed by atoms with Gasteiger partial charge in [-0.2, -0.15) is 0 Å². The van der Waals surface area contributed by atoms with Crippen LogP contribution in [0.5, 0.6) is 0 Å². The van der Waals surface area contributed by atoms with E-state index in [2.05, 4.69) is 11.9 Å². The molecule has 2 rings (SSSR count). The number of carbonyl (C=O) groups is 1. The number of amides is 1. The van der Waals surface area contributed by atoms with Crippen molar-refractivity contribution in [2.75, 3.05) is 33.2 Å². The normalized spacial score (nSPS) is 26.2. The molecule has 1 unspecified atom stereocenters. The number of alkyl halides is 1. The van der Waals surface area contributed by atoms with Crippen LogP contribution in [0.3, 0.4) is 0 Å². The molecule has 3 nitrogen and oxygen atoms in total. The lowest BCUT2D eigenvalue weighted by molar-refractivity contribution is -0.126. The zero-order valence-electron chi connectivity index (χ0n) is 14.5. The van der Waals surface area contributed by atoms with E-state index in [-0.39, 0.29) is 5.91 Å². The number of hydrogen-bond donors (Lipinski definition) is 0. The van der Waals surface area contributed by atoms with Crippen LogP contribution >= 0.6 is 0 Å². The van der Waals surface area contributed by atoms with E-state index in [4.69, 9.17) is 0 Å². The lowest BCUT2D eigenvalue weighted by atomic mass is 10.0. The fourth-order valence-corrected chi connectivity index (χ4v) is 2.67. The van der Waals surface area contributed by atoms with Gasteiger partial charge in [0.1, 0.15) is 5.67 Å². The average molecular weight is 308 g/mol. The maximum atomic E-state index is 14.3. The number of hydrogen-bond acceptors (Lipinski definition) is 2. The summed E-state index contributed by atoms with van der Waals surface area (Å²) >= 11 is 0. The van der Waals surface area contributed by atoms with Crippen molar-refractivity contribution in [1.82, 2.24) is 9.80 Å². The lowest BCUT2D eigenvalue weighted by Gasteiger charge is -2.22. The van der Waals surface area contributed by atoms with Crippen LogP contribution in [0.25, 0.3) is 0 Å². The number of allylic oxidation sites excluding steroid dienone is 4. The molecule has 0 radical (unpaired) electrons. The molecule has 1 aliphatic heterocycles. The SMILES string of the molecule is CC.CC1=CC(C)(F)C=C(C(=O)N2CCCN(C)CC2)C=C1. The van der Waals surface area contributed by atoms with Gasteiger partial charge in [0.2, 0.25) is 0 Å². The number of carbonyl (C=O) groups excluding carboxylic acids is 1. The minimum absolute atomic E-state index is 0.0662. The second-order valence-electron chi connectivity index (χ2n) is 5.92. The summed E-state index contributed by atoms with van der Waals surface area (Å²) in [6.07, 6.45) is 7.46. The fraction of sp³-hybridized carbons (Fsp3) is 0.611. The predicted octanol–water partition coefficient (Wildman–Crippen LogP) is 3.35. The molecule has 0 aromatic heterocycles. The van der Waals surface area contributed by atoms with Crippen LogP contribution in [-0.2, 0) is 4.79 Å². The molecule has 0 N–H and O–H groups in total. The summed E-state index contributed by atoms with van der Waals surface area (Å²) in [6.45, 7) is 10.6. The minimum atomic E-state index is -1.57. The highest BCUT2D eigenvalue weighted by Crippen LogP contribution is 2.24. The molecule has 1 heterocycles. The largest absolute Gasteiger partial charge is 0.337 e. The van der Waals surface area contributed by atoms with E-state index in [1.54, 1.807) is 18.2 Å². The average Bonchev–Trinajstić information content (AvgIpc) is 2.76. The molecular weight excluding hydrogens is 279 g/mol. The highest BCUT2D eigenvalue weighted by atomic mass is 19.1. The molecule has 0 aromatic carbocycles. The van der Waals surface area contributed by atoms with Crippen molar-refractivity contribution in [2.24, 2.45) is 0 Å². The summed E-state index contributed by atoms with van der Waals surface area (Å²) in [4.78, 5) is 16.6. The first-order valence-electron chi connectivity index (χ1n) is 8.14. The Morgan fingerprint density at radius 2 is 1.82 bits per heavy atom. The second-order valence-corrected chi connectivity index (χ2v) is 5.92. The van der Waals surface area contributed by atoms with E-state index < -0.39 is 5.67 Å². The Morgan fingerprint density at radius 3 is 2.50 bits per heavy atom. The highest BCUT2D eigenvalue weighted by molar-refractivity contribution is 5.96. The zero-order chi connectivity index (χ0) is 16.8. The molecule has 0 spiro atoms. The third-order valence-electron chi connectivity index (χ3n) is 3.73. The molecule has 124 valence electrons. The van der Waals surface area contributed by atoms with E-state index in [0.717, 1.165) is 31.6 Å². The monoisotopic (exact) mass is 308 g/mol. The van der Waals surface area contributed by atoms with Gasteiger partial charge in [0.15, 0.2) is 0 Å². The number of rotatable bonds is 1. The molecule has 2 aliphatic rings. The van der Waals surface area contributed by atoms with Crippen LogP contribution in [0.1, 0.15) is 34.1 Å². The molecule has 0 aromatic rings. The van der Waals surface area contributed by atoms with Gasteiger partial charge in [-0.25, -0.2) is 4.39 Å². The van der Waals surface area contributed by atoms with Crippen molar-refractivity contribution in [2.45, 2.75) is 39.8 Å². The van der Waals surface area contributed by atoms with Crippen molar-refractivity contribution in [1.29, 1.82) is 0 Å². The topological polar surface area (TPSA) is 23.6 Å². The Labute approximate surface area is 134 Å². The third kappa shape index (κ3) is 5.41. The summed E-state index contributed by atoms with van der Waals surface area (Å²) in [6, 6.07) is 0. The van der Waals surface area contributed by atoms with Crippen LogP contribution < -0.4 is 0 Å². The molecule has 0 saturated carbocycles. The zero-order valence-corrected chi connectivity index (χ0v) is 14.5. The van der Waals surface area contributed by atoms with Crippen LogP contribution in [0.15, 0.2) is 35.5 Å². The van der Waals surface area contributed by atoms with Gasteiger partial charge in [-0.05, 0) is 52.1 Å². The van der Waals surface area contributed by atoms with Gasteiger partial charge in [-0.15, -0.1) is 0 Å². The third-order valence-corrected chi connectivity index (χ3v) is 3.73. The molecule has 4 heteroatoms. The highest BCUT2D eigenvalue weighted by Gasteiger charge is 2.25. The molecule has 1 atom stereocenters. The smallest absolute Gasteiger partial charge is 0.253 e. The van der Waals surface area contributed by atoms with E-state index in [1.807, 2.05) is 25.7 Å². The summed E-state index contributed by atoms with van der Waals surface area (Å²) in [5.41, 5.74) is -0.279. The second kappa shape index (κ2) is 8.28. The van der Waals surface area contributed by atoms with Crippen molar-refractivity contribution in [3.8, 4) is 0 Å². The summed E-state index contributed by atoms with van der Waals surface area (Å²) < 4.78 is 14.3. The van der Waals surface area contributed by atoms with Crippen LogP contribution in [0.4, 0.5) is 4.39 Å². The maximum absolute atomic E-state index is 14.3. The van der Waals surface area contributed by atoms with E-state index in [9.17, 15) is 9.18 Å². The predicted molar refractivity (Wildman–Crippen MR) is 90.5 cm³/mol. The van der Waals surface area contributed by atoms with Crippen molar-refractivity contribution in [3.63, 3.8) is 0 Å². The quantitative estimate of drug-likeness (QED) is 0.741. The van der Waals surface area contributed by atoms with Crippen molar-refractivity contribution in [3.05, 3.63) is 35.5 Å². The van der Waals surface area contributed by atoms with E-state index in [1.165, 1.54) is 13.0 Å². The summed E-state index contributed by atoms with van der Waals surface area (Å²) in [5, 5.41) is 0. The Balaban J connectivity index is 0.00000116. The van der Waals surface area contributed by atoms with Gasteiger partial charge < -0.3 is 9.80 Å². The van der Waals surface area contributed by atoms with E-state index in [0.29, 0.717) is 12.1 Å². The molecule has 1 amide bonds. The molecule has 0 bridgehead atoms. The molecule has 22 heavy (non-hydrogen) atoms. The maximum Gasteiger partial charge on any atom is 0.253 e. The van der Waals surface area contributed by atoms with Crippen LogP contribution in [-0.4, -0.2) is 54.6 Å². The summed E-state index contributed by atoms with van der Waals surface area (Å²) in [5.74, 6) is -0.0662. The molecular formula is C18H29FN2O. The first-order valence-corrected chi connectivity index (χ1v) is 8.14. The molecule has 1 fully saturated rings. The lowest BCUT2D eigenvalue weighted by Crippen LogP contribution is -2.35. The van der Waals surface area contributed by atoms with Crippen LogP contribution in [0.2, 0.25) is 0 Å². The van der Waals surface area contributed by atoms with Crippen molar-refractivity contribution < 1.29 is 9.18 Å². The van der Waals surface area contributed by atoms with Gasteiger partial charge in [0.25, 0.3) is 5.91 Å². The number of likely N-dealkylation sites (N-methyl/N-ethyl adjacent to an activating group) is 1. The number of nitrogens with zero attached hydrogens (tertiary/aromatic N) is 2. The number of halogens is 1. The first-order chi connectivity index (χ1) is 10.4. The Hall–Kier alpha value is -1.42. The van der Waals surface area contributed by atoms with E-state index >= 15 is 0 Å². The Bertz CT molecular complexity index is 477. The fourth-order valence-electron chi connectivity index (χ4n) is 2.67. The van der Waals surface area contributed by atoms with Gasteiger partial charge >= 0.3 is 0 Å². The minimum Gasteiger partial charge on any atom is -0.337 e. The van der Waals surface area contributed by atoms with Crippen LogP contribution in [0, 0.1) is 0 Å². The van der Waals surface area contributed by atoms with Gasteiger partial charge in [0.05, 0.1) is 0 Å². The Kier molecular flexibility index (Phi) is 7.01. The molecule has 1 saturated heterocycles. The molecule has 1 aliphatic carbocycles. The first kappa shape index (κ1) is 18.6. The van der Waals surface area contributed by atoms with Crippen molar-refractivity contribution >= 4 is 5.91 Å². The summed E-state index contributed by atoms with van der Waals surface area (Å²) in [7, 11) is 2.06. The standard InChI is InChI=1S/C16H23FN2O.C2H6/c1-13-5-6-14(12-16(2,17)11-13)15(20)19-8-4-7-18(3)9-10-19;1-2/h5-6,11-12H,4,7-10H2,1-3H3;1-2H3. The Morgan fingerprint density at radius 1 is 1.14 bits per heavy atom. The van der Waals surface area contributed by atoms with Gasteiger partial charge in [-0.3, -0.25) is 4.79 Å². The van der Waals surface area contributed by atoms with Gasteiger partial charge in [0, 0.05) is 25.2 Å². The van der Waals surface area contributed by atoms with Gasteiger partial charge in [-0.1, -0.05) is 25.5 Å².